The second-order valence-electron chi connectivity index (χ2n) is 8.85. The highest BCUT2D eigenvalue weighted by atomic mass is 19.1. The standard InChI is InChI=1S/C24H21N7.C7H5FO/c1-26-15-16-4-6-18(7-5-16)31-23(19-3-2-12-28-22(19)25)30-21-9-8-20(29-24(21)31)17-10-13-27-14-11-17;8-7-3-1-2-6(4-7)5-9/h2-14,26H,15H2,1H3,(H2,25,28);1-5H. The van der Waals surface area contributed by atoms with Gasteiger partial charge in [0.25, 0.3) is 0 Å². The van der Waals surface area contributed by atoms with Crippen LogP contribution in [-0.4, -0.2) is 37.8 Å². The molecule has 0 unspecified atom stereocenters. The zero-order valence-corrected chi connectivity index (χ0v) is 21.7. The number of pyridine rings is 3. The number of carbonyl (C=O) groups is 1. The number of anilines is 1. The topological polar surface area (TPSA) is 112 Å². The maximum Gasteiger partial charge on any atom is 0.165 e. The molecule has 4 heterocycles. The van der Waals surface area contributed by atoms with E-state index in [1.54, 1.807) is 24.7 Å². The van der Waals surface area contributed by atoms with Gasteiger partial charge in [0, 0.05) is 41.9 Å². The van der Waals surface area contributed by atoms with Crippen LogP contribution in [0.4, 0.5) is 10.2 Å². The number of nitrogens with one attached hydrogen (secondary N) is 1. The Hall–Kier alpha value is -5.28. The molecule has 0 aliphatic rings. The van der Waals surface area contributed by atoms with Crippen LogP contribution in [-0.2, 0) is 6.54 Å². The van der Waals surface area contributed by atoms with Gasteiger partial charge in [-0.2, -0.15) is 0 Å². The largest absolute Gasteiger partial charge is 0.383 e. The van der Waals surface area contributed by atoms with Gasteiger partial charge in [-0.1, -0.05) is 24.3 Å². The lowest BCUT2D eigenvalue weighted by Gasteiger charge is -2.11. The maximum atomic E-state index is 12.2. The third-order valence-electron chi connectivity index (χ3n) is 6.12. The molecule has 8 nitrogen and oxygen atoms in total. The molecule has 0 radical (unpaired) electrons. The minimum absolute atomic E-state index is 0.370. The lowest BCUT2D eigenvalue weighted by molar-refractivity contribution is 0.112. The van der Waals surface area contributed by atoms with Gasteiger partial charge in [-0.15, -0.1) is 0 Å². The predicted molar refractivity (Wildman–Crippen MR) is 154 cm³/mol. The Labute approximate surface area is 230 Å². The molecule has 6 aromatic rings. The third-order valence-corrected chi connectivity index (χ3v) is 6.12. The fourth-order valence-electron chi connectivity index (χ4n) is 4.22. The molecular weight excluding hydrogens is 505 g/mol. The van der Waals surface area contributed by atoms with Gasteiger partial charge in [0.2, 0.25) is 0 Å². The molecule has 0 saturated carbocycles. The fraction of sp³-hybridized carbons (Fsp3) is 0.0645. The number of nitrogen functional groups attached to an aromatic ring is 1. The number of nitrogens with two attached hydrogens (primary N) is 1. The molecule has 0 bridgehead atoms. The molecule has 9 heteroatoms. The first-order chi connectivity index (χ1) is 19.6. The summed E-state index contributed by atoms with van der Waals surface area (Å²) in [5, 5.41) is 3.18. The van der Waals surface area contributed by atoms with Crippen molar-refractivity contribution in [2.45, 2.75) is 6.54 Å². The fourth-order valence-corrected chi connectivity index (χ4v) is 4.22. The second-order valence-corrected chi connectivity index (χ2v) is 8.85. The van der Waals surface area contributed by atoms with Crippen LogP contribution in [0.3, 0.4) is 0 Å². The Balaban J connectivity index is 0.000000306. The molecule has 0 aliphatic heterocycles. The first-order valence-electron chi connectivity index (χ1n) is 12.5. The van der Waals surface area contributed by atoms with E-state index in [4.69, 9.17) is 15.7 Å². The van der Waals surface area contributed by atoms with E-state index in [2.05, 4.69) is 39.6 Å². The second kappa shape index (κ2) is 12.1. The normalized spacial score (nSPS) is 10.7. The van der Waals surface area contributed by atoms with E-state index in [1.165, 1.54) is 23.8 Å². The zero-order chi connectivity index (χ0) is 27.9. The molecule has 6 rings (SSSR count). The van der Waals surface area contributed by atoms with Gasteiger partial charge in [0.15, 0.2) is 11.5 Å². The molecule has 0 spiro atoms. The molecule has 0 fully saturated rings. The van der Waals surface area contributed by atoms with Crippen LogP contribution in [0.5, 0.6) is 0 Å². The first kappa shape index (κ1) is 26.3. The van der Waals surface area contributed by atoms with Crippen molar-refractivity contribution in [3.8, 4) is 28.3 Å². The summed E-state index contributed by atoms with van der Waals surface area (Å²) in [7, 11) is 1.94. The zero-order valence-electron chi connectivity index (χ0n) is 21.7. The Morgan fingerprint density at radius 1 is 0.925 bits per heavy atom. The smallest absolute Gasteiger partial charge is 0.165 e. The van der Waals surface area contributed by atoms with Crippen molar-refractivity contribution in [3.63, 3.8) is 0 Å². The predicted octanol–water partition coefficient (Wildman–Crippen LogP) is 5.48. The van der Waals surface area contributed by atoms with Crippen molar-refractivity contribution >= 4 is 23.3 Å². The lowest BCUT2D eigenvalue weighted by atomic mass is 10.1. The van der Waals surface area contributed by atoms with E-state index < -0.39 is 0 Å². The maximum absolute atomic E-state index is 12.2. The number of rotatable bonds is 6. The first-order valence-corrected chi connectivity index (χ1v) is 12.5. The quantitative estimate of drug-likeness (QED) is 0.274. The molecule has 0 amide bonds. The molecular formula is C31H26FN7O. The molecule has 0 aliphatic carbocycles. The van der Waals surface area contributed by atoms with Crippen molar-refractivity contribution in [2.24, 2.45) is 0 Å². The molecule has 0 saturated heterocycles. The lowest BCUT2D eigenvalue weighted by Crippen LogP contribution is -2.06. The van der Waals surface area contributed by atoms with E-state index in [1.807, 2.05) is 48.0 Å². The van der Waals surface area contributed by atoms with E-state index in [9.17, 15) is 9.18 Å². The summed E-state index contributed by atoms with van der Waals surface area (Å²) in [6, 6.07) is 25.5. The molecule has 4 aromatic heterocycles. The number of aromatic nitrogens is 5. The summed E-state index contributed by atoms with van der Waals surface area (Å²) in [4.78, 5) is 28.2. The monoisotopic (exact) mass is 531 g/mol. The van der Waals surface area contributed by atoms with Gasteiger partial charge in [0.1, 0.15) is 23.4 Å². The Morgan fingerprint density at radius 3 is 2.40 bits per heavy atom. The van der Waals surface area contributed by atoms with Gasteiger partial charge in [-0.3, -0.25) is 14.3 Å². The van der Waals surface area contributed by atoms with Crippen LogP contribution in [0.1, 0.15) is 15.9 Å². The van der Waals surface area contributed by atoms with Crippen LogP contribution >= 0.6 is 0 Å². The SMILES string of the molecule is CNCc1ccc(-n2c(-c3cccnc3N)nc3ccc(-c4ccncc4)nc32)cc1.O=Cc1cccc(F)c1. The van der Waals surface area contributed by atoms with Gasteiger partial charge in [0.05, 0.1) is 11.3 Å². The Morgan fingerprint density at radius 2 is 1.73 bits per heavy atom. The summed E-state index contributed by atoms with van der Waals surface area (Å²) in [5.41, 5.74) is 12.9. The van der Waals surface area contributed by atoms with Gasteiger partial charge >= 0.3 is 0 Å². The average Bonchev–Trinajstić information content (AvgIpc) is 3.37. The van der Waals surface area contributed by atoms with Crippen molar-refractivity contribution in [3.05, 3.63) is 120 Å². The van der Waals surface area contributed by atoms with E-state index in [0.29, 0.717) is 23.5 Å². The molecule has 0 atom stereocenters. The van der Waals surface area contributed by atoms with E-state index in [-0.39, 0.29) is 5.82 Å². The van der Waals surface area contributed by atoms with Crippen molar-refractivity contribution < 1.29 is 9.18 Å². The van der Waals surface area contributed by atoms with Crippen molar-refractivity contribution in [1.29, 1.82) is 0 Å². The third kappa shape index (κ3) is 5.74. The highest BCUT2D eigenvalue weighted by Gasteiger charge is 2.18. The minimum atomic E-state index is -0.375. The molecule has 40 heavy (non-hydrogen) atoms. The summed E-state index contributed by atoms with van der Waals surface area (Å²) >= 11 is 0. The van der Waals surface area contributed by atoms with Crippen LogP contribution < -0.4 is 11.1 Å². The number of aldehydes is 1. The van der Waals surface area contributed by atoms with Crippen LogP contribution in [0.25, 0.3) is 39.5 Å². The minimum Gasteiger partial charge on any atom is -0.383 e. The van der Waals surface area contributed by atoms with Crippen molar-refractivity contribution in [1.82, 2.24) is 29.8 Å². The Bertz CT molecular complexity index is 1750. The number of benzene rings is 2. The van der Waals surface area contributed by atoms with Gasteiger partial charge < -0.3 is 11.1 Å². The highest BCUT2D eigenvalue weighted by Crippen LogP contribution is 2.31. The summed E-state index contributed by atoms with van der Waals surface area (Å²) < 4.78 is 14.2. The van der Waals surface area contributed by atoms with E-state index >= 15 is 0 Å². The van der Waals surface area contributed by atoms with Crippen LogP contribution in [0.2, 0.25) is 0 Å². The number of hydrogen-bond acceptors (Lipinski definition) is 7. The van der Waals surface area contributed by atoms with Crippen LogP contribution in [0.15, 0.2) is 104 Å². The van der Waals surface area contributed by atoms with Crippen LogP contribution in [0, 0.1) is 5.82 Å². The molecule has 198 valence electrons. The highest BCUT2D eigenvalue weighted by molar-refractivity contribution is 5.84. The Kier molecular flexibility index (Phi) is 7.94. The number of halogens is 1. The number of nitrogens with zero attached hydrogens (tertiary/aromatic N) is 5. The number of carbonyl (C=O) groups excluding carboxylic acids is 1. The number of fused-ring (bicyclic) bond motifs is 1. The number of hydrogen-bond donors (Lipinski definition) is 2. The molecule has 2 aromatic carbocycles. The average molecular weight is 532 g/mol. The summed E-state index contributed by atoms with van der Waals surface area (Å²) in [6.07, 6.45) is 5.82. The van der Waals surface area contributed by atoms with Gasteiger partial charge in [-0.05, 0) is 73.3 Å². The summed E-state index contributed by atoms with van der Waals surface area (Å²) in [6.45, 7) is 0.803. The molecule has 3 N–H and O–H groups in total. The number of imidazole rings is 1. The summed E-state index contributed by atoms with van der Waals surface area (Å²) in [5.74, 6) is 0.765. The van der Waals surface area contributed by atoms with E-state index in [0.717, 1.165) is 40.2 Å². The van der Waals surface area contributed by atoms with Crippen molar-refractivity contribution in [2.75, 3.05) is 12.8 Å². The van der Waals surface area contributed by atoms with Gasteiger partial charge in [-0.25, -0.2) is 19.3 Å².